The molecule has 0 heterocycles. The minimum absolute atomic E-state index is 0.0542. The summed E-state index contributed by atoms with van der Waals surface area (Å²) in [6.07, 6.45) is -2.43. The van der Waals surface area contributed by atoms with Gasteiger partial charge in [-0.2, -0.15) is 8.78 Å². The van der Waals surface area contributed by atoms with Crippen molar-refractivity contribution in [1.82, 2.24) is 0 Å². The molecule has 2 nitrogen and oxygen atoms in total. The van der Waals surface area contributed by atoms with E-state index in [1.165, 1.54) is 36.4 Å². The third-order valence-corrected chi connectivity index (χ3v) is 2.55. The first-order valence-electron chi connectivity index (χ1n) is 4.98. The van der Waals surface area contributed by atoms with E-state index in [-0.39, 0.29) is 21.9 Å². The third-order valence-electron chi connectivity index (χ3n) is 2.55. The summed E-state index contributed by atoms with van der Waals surface area (Å²) in [5.74, 6) is -2.83. The fraction of sp³-hybridized carbons (Fsp3) is 0. The summed E-state index contributed by atoms with van der Waals surface area (Å²) >= 11 is 0. The molecule has 2 aromatic carbocycles. The second-order valence-electron chi connectivity index (χ2n) is 3.59. The molecule has 0 radical (unpaired) electrons. The average Bonchev–Trinajstić information content (AvgIpc) is 2.36. The largest absolute Gasteiger partial charge is 0.478 e. The molecule has 0 atom stereocenters. The van der Waals surface area contributed by atoms with Crippen LogP contribution in [0, 0.1) is 0 Å². The number of halogens is 3. The van der Waals surface area contributed by atoms with Crippen molar-refractivity contribution in [2.24, 2.45) is 0 Å². The van der Waals surface area contributed by atoms with Gasteiger partial charge in [0, 0.05) is 5.56 Å². The molecule has 0 saturated heterocycles. The Morgan fingerprint density at radius 1 is 0.889 bits per heavy atom. The quantitative estimate of drug-likeness (QED) is 0.874. The Bertz CT molecular complexity index is 658. The van der Waals surface area contributed by atoms with Crippen LogP contribution in [0.25, 0.3) is 16.6 Å². The number of carbonyl (C=O) groups is 1. The van der Waals surface area contributed by atoms with Gasteiger partial charge in [0.15, 0.2) is 5.83 Å². The van der Waals surface area contributed by atoms with Gasteiger partial charge >= 0.3 is 12.0 Å². The Balaban J connectivity index is 2.84. The molecule has 0 aliphatic carbocycles. The normalized spacial score (nSPS) is 10.4. The molecule has 0 spiro atoms. The van der Waals surface area contributed by atoms with Gasteiger partial charge in [0.05, 0.1) is 5.56 Å². The van der Waals surface area contributed by atoms with E-state index >= 15 is 0 Å². The van der Waals surface area contributed by atoms with E-state index < -0.39 is 17.9 Å². The van der Waals surface area contributed by atoms with Crippen LogP contribution in [-0.2, 0) is 0 Å². The maximum atomic E-state index is 13.3. The number of carboxylic acids is 1. The van der Waals surface area contributed by atoms with Crippen LogP contribution in [0.3, 0.4) is 0 Å². The van der Waals surface area contributed by atoms with Crippen LogP contribution in [0.1, 0.15) is 15.9 Å². The molecule has 0 bridgehead atoms. The first kappa shape index (κ1) is 12.2. The smallest absolute Gasteiger partial charge is 0.336 e. The molecule has 2 aromatic rings. The van der Waals surface area contributed by atoms with Crippen LogP contribution in [0.2, 0.25) is 0 Å². The zero-order valence-electron chi connectivity index (χ0n) is 8.95. The molecule has 1 N–H and O–H groups in total. The lowest BCUT2D eigenvalue weighted by atomic mass is 9.99. The molecule has 0 saturated carbocycles. The number of hydrogen-bond acceptors (Lipinski definition) is 1. The maximum absolute atomic E-state index is 13.3. The third kappa shape index (κ3) is 1.95. The van der Waals surface area contributed by atoms with E-state index in [0.717, 1.165) is 0 Å². The summed E-state index contributed by atoms with van der Waals surface area (Å²) in [4.78, 5) is 11.0. The number of aromatic carboxylic acids is 1. The first-order chi connectivity index (χ1) is 8.52. The Hall–Kier alpha value is -2.30. The molecule has 0 aromatic heterocycles. The fourth-order valence-corrected chi connectivity index (χ4v) is 1.79. The van der Waals surface area contributed by atoms with Gasteiger partial charge in [0.25, 0.3) is 0 Å². The summed E-state index contributed by atoms with van der Waals surface area (Å²) in [6.45, 7) is 0. The van der Waals surface area contributed by atoms with Gasteiger partial charge in [-0.3, -0.25) is 0 Å². The van der Waals surface area contributed by atoms with Gasteiger partial charge in [0.1, 0.15) is 0 Å². The molecule has 0 amide bonds. The van der Waals surface area contributed by atoms with Gasteiger partial charge in [-0.1, -0.05) is 30.3 Å². The molecule has 0 aliphatic rings. The van der Waals surface area contributed by atoms with E-state index in [0.29, 0.717) is 0 Å². The highest BCUT2D eigenvalue weighted by Gasteiger charge is 2.15. The molecule has 18 heavy (non-hydrogen) atoms. The molecular weight excluding hydrogens is 245 g/mol. The van der Waals surface area contributed by atoms with Crippen molar-refractivity contribution in [1.29, 1.82) is 0 Å². The summed E-state index contributed by atoms with van der Waals surface area (Å²) in [5, 5.41) is 9.33. The SMILES string of the molecule is O=C(O)c1cccc2c(C(F)=C(F)F)cccc12. The van der Waals surface area contributed by atoms with Crippen molar-refractivity contribution in [3.05, 3.63) is 53.6 Å². The zero-order chi connectivity index (χ0) is 13.3. The van der Waals surface area contributed by atoms with E-state index in [2.05, 4.69) is 0 Å². The van der Waals surface area contributed by atoms with Gasteiger partial charge in [-0.25, -0.2) is 9.18 Å². The van der Waals surface area contributed by atoms with E-state index in [1.54, 1.807) is 0 Å². The lowest BCUT2D eigenvalue weighted by molar-refractivity contribution is 0.0699. The Morgan fingerprint density at radius 2 is 1.39 bits per heavy atom. The molecule has 0 fully saturated rings. The molecule has 5 heteroatoms. The van der Waals surface area contributed by atoms with Crippen molar-refractivity contribution in [3.8, 4) is 0 Å². The number of benzene rings is 2. The molecule has 0 unspecified atom stereocenters. The highest BCUT2D eigenvalue weighted by Crippen LogP contribution is 2.30. The van der Waals surface area contributed by atoms with Gasteiger partial charge < -0.3 is 5.11 Å². The number of fused-ring (bicyclic) bond motifs is 1. The average molecular weight is 252 g/mol. The van der Waals surface area contributed by atoms with Gasteiger partial charge in [-0.15, -0.1) is 0 Å². The van der Waals surface area contributed by atoms with Crippen LogP contribution in [0.5, 0.6) is 0 Å². The van der Waals surface area contributed by atoms with Crippen LogP contribution in [-0.4, -0.2) is 11.1 Å². The van der Waals surface area contributed by atoms with Crippen molar-refractivity contribution in [2.45, 2.75) is 0 Å². The van der Waals surface area contributed by atoms with Crippen molar-refractivity contribution >= 4 is 22.6 Å². The summed E-state index contributed by atoms with van der Waals surface area (Å²) in [7, 11) is 0. The minimum atomic E-state index is -2.43. The molecular formula is C13H7F3O2. The number of rotatable bonds is 2. The van der Waals surface area contributed by atoms with E-state index in [1.807, 2.05) is 0 Å². The summed E-state index contributed by atoms with van der Waals surface area (Å²) < 4.78 is 37.9. The van der Waals surface area contributed by atoms with Crippen LogP contribution >= 0.6 is 0 Å². The Kier molecular flexibility index (Phi) is 3.06. The summed E-state index contributed by atoms with van der Waals surface area (Å²) in [6, 6.07) is 8.10. The van der Waals surface area contributed by atoms with Crippen molar-refractivity contribution in [3.63, 3.8) is 0 Å². The standard InChI is InChI=1S/C13H7F3O2/c14-11(12(15)16)9-5-1-4-8-7(9)3-2-6-10(8)13(17)18/h1-6H,(H,17,18). The topological polar surface area (TPSA) is 37.3 Å². The van der Waals surface area contributed by atoms with E-state index in [9.17, 15) is 18.0 Å². The zero-order valence-corrected chi connectivity index (χ0v) is 8.95. The fourth-order valence-electron chi connectivity index (χ4n) is 1.79. The monoisotopic (exact) mass is 252 g/mol. The lowest BCUT2D eigenvalue weighted by Crippen LogP contribution is -1.97. The van der Waals surface area contributed by atoms with E-state index in [4.69, 9.17) is 5.11 Å². The van der Waals surface area contributed by atoms with Crippen molar-refractivity contribution < 1.29 is 23.1 Å². The van der Waals surface area contributed by atoms with Crippen molar-refractivity contribution in [2.75, 3.05) is 0 Å². The number of carboxylic acid groups (broad SMARTS) is 1. The Morgan fingerprint density at radius 3 is 1.89 bits per heavy atom. The second kappa shape index (κ2) is 4.52. The highest BCUT2D eigenvalue weighted by atomic mass is 19.3. The lowest BCUT2D eigenvalue weighted by Gasteiger charge is -2.06. The minimum Gasteiger partial charge on any atom is -0.478 e. The molecule has 2 rings (SSSR count). The Labute approximate surface area is 100.0 Å². The highest BCUT2D eigenvalue weighted by molar-refractivity contribution is 6.06. The summed E-state index contributed by atoms with van der Waals surface area (Å²) in [5.41, 5.74) is -0.364. The van der Waals surface area contributed by atoms with Crippen LogP contribution < -0.4 is 0 Å². The first-order valence-corrected chi connectivity index (χ1v) is 4.98. The predicted octanol–water partition coefficient (Wildman–Crippen LogP) is 4.07. The molecule has 92 valence electrons. The predicted molar refractivity (Wildman–Crippen MR) is 61.2 cm³/mol. The maximum Gasteiger partial charge on any atom is 0.336 e. The van der Waals surface area contributed by atoms with Crippen LogP contribution in [0.4, 0.5) is 13.2 Å². The van der Waals surface area contributed by atoms with Gasteiger partial charge in [0.2, 0.25) is 0 Å². The second-order valence-corrected chi connectivity index (χ2v) is 3.59. The number of hydrogen-bond donors (Lipinski definition) is 1. The molecule has 0 aliphatic heterocycles. The van der Waals surface area contributed by atoms with Crippen LogP contribution in [0.15, 0.2) is 42.5 Å². The van der Waals surface area contributed by atoms with Gasteiger partial charge in [-0.05, 0) is 16.8 Å².